The molecule has 22 heavy (non-hydrogen) atoms. The molecular weight excluding hydrogens is 288 g/mol. The van der Waals surface area contributed by atoms with Crippen LogP contribution in [-0.2, 0) is 9.47 Å². The predicted octanol–water partition coefficient (Wildman–Crippen LogP) is 0.938. The normalized spacial score (nSPS) is 14.9. The van der Waals surface area contributed by atoms with Crippen LogP contribution in [0, 0.1) is 0 Å². The number of fused-ring (bicyclic) bond motifs is 1. The van der Waals surface area contributed by atoms with Gasteiger partial charge < -0.3 is 14.4 Å². The fraction of sp³-hybridized carbons (Fsp3) is 0.357. The Bertz CT molecular complexity index is 752. The Morgan fingerprint density at radius 3 is 2.91 bits per heavy atom. The van der Waals surface area contributed by atoms with Crippen molar-refractivity contribution in [1.82, 2.24) is 9.97 Å². The van der Waals surface area contributed by atoms with Crippen LogP contribution in [0.2, 0.25) is 0 Å². The van der Waals surface area contributed by atoms with Crippen LogP contribution in [0.4, 0.5) is 16.4 Å². The van der Waals surface area contributed by atoms with E-state index < -0.39 is 6.09 Å². The zero-order chi connectivity index (χ0) is 15.5. The summed E-state index contributed by atoms with van der Waals surface area (Å²) in [7, 11) is 1.24. The minimum absolute atomic E-state index is 0.0588. The summed E-state index contributed by atoms with van der Waals surface area (Å²) in [5.41, 5.74) is 1.15. The molecular formula is C14H16N4O4. The lowest BCUT2D eigenvalue weighted by molar-refractivity contribution is 0.122. The van der Waals surface area contributed by atoms with Crippen molar-refractivity contribution < 1.29 is 14.3 Å². The molecule has 1 aromatic carbocycles. The van der Waals surface area contributed by atoms with Crippen LogP contribution in [0.5, 0.6) is 0 Å². The molecule has 0 saturated carbocycles. The predicted molar refractivity (Wildman–Crippen MR) is 81.4 cm³/mol. The minimum atomic E-state index is -0.688. The number of hydrogen-bond donors (Lipinski definition) is 2. The Kier molecular flexibility index (Phi) is 3.92. The monoisotopic (exact) mass is 304 g/mol. The number of amides is 1. The smallest absolute Gasteiger partial charge is 0.413 e. The van der Waals surface area contributed by atoms with Crippen LogP contribution in [-0.4, -0.2) is 49.5 Å². The first-order valence-electron chi connectivity index (χ1n) is 6.89. The largest absolute Gasteiger partial charge is 0.453 e. The quantitative estimate of drug-likeness (QED) is 0.857. The molecule has 1 saturated heterocycles. The van der Waals surface area contributed by atoms with Gasteiger partial charge in [-0.1, -0.05) is 0 Å². The van der Waals surface area contributed by atoms with Crippen molar-refractivity contribution in [3.05, 3.63) is 28.6 Å². The average Bonchev–Trinajstić information content (AvgIpc) is 2.55. The number of ether oxygens (including phenoxy) is 2. The van der Waals surface area contributed by atoms with E-state index >= 15 is 0 Å². The first-order valence-corrected chi connectivity index (χ1v) is 6.89. The number of rotatable bonds is 2. The van der Waals surface area contributed by atoms with E-state index in [9.17, 15) is 9.59 Å². The second-order valence-corrected chi connectivity index (χ2v) is 4.83. The fourth-order valence-electron chi connectivity index (χ4n) is 2.35. The van der Waals surface area contributed by atoms with Gasteiger partial charge in [0, 0.05) is 18.8 Å². The Morgan fingerprint density at radius 2 is 2.18 bits per heavy atom. The molecule has 1 fully saturated rings. The van der Waals surface area contributed by atoms with Crippen molar-refractivity contribution in [2.45, 2.75) is 0 Å². The van der Waals surface area contributed by atoms with Gasteiger partial charge >= 0.3 is 6.09 Å². The highest BCUT2D eigenvalue weighted by atomic mass is 16.5. The lowest BCUT2D eigenvalue weighted by atomic mass is 10.2. The van der Waals surface area contributed by atoms with Gasteiger partial charge in [-0.25, -0.2) is 9.78 Å². The van der Waals surface area contributed by atoms with Gasteiger partial charge in [-0.05, 0) is 18.2 Å². The Labute approximate surface area is 126 Å². The standard InChI is InChI=1S/C14H16N4O4/c1-21-14(20)17-13-15-11-3-2-9(8-10(11)12(19)16-13)18-4-6-22-7-5-18/h2-3,8H,4-7H2,1H3,(H2,15,16,17,19,20). The van der Waals surface area contributed by atoms with Gasteiger partial charge in [0.15, 0.2) is 0 Å². The SMILES string of the molecule is COC(=O)Nc1nc2ccc(N3CCOCC3)cc2c(=O)[nH]1. The van der Waals surface area contributed by atoms with E-state index in [1.807, 2.05) is 6.07 Å². The molecule has 2 N–H and O–H groups in total. The summed E-state index contributed by atoms with van der Waals surface area (Å²) in [6.07, 6.45) is -0.688. The van der Waals surface area contributed by atoms with Gasteiger partial charge in [-0.3, -0.25) is 15.1 Å². The first-order chi connectivity index (χ1) is 10.7. The van der Waals surface area contributed by atoms with Gasteiger partial charge in [0.2, 0.25) is 5.95 Å². The highest BCUT2D eigenvalue weighted by Gasteiger charge is 2.13. The van der Waals surface area contributed by atoms with E-state index in [1.54, 1.807) is 12.1 Å². The van der Waals surface area contributed by atoms with Crippen molar-refractivity contribution in [3.63, 3.8) is 0 Å². The van der Waals surface area contributed by atoms with Crippen molar-refractivity contribution in [2.75, 3.05) is 43.6 Å². The van der Waals surface area contributed by atoms with Gasteiger partial charge in [-0.15, -0.1) is 0 Å². The second-order valence-electron chi connectivity index (χ2n) is 4.83. The number of nitrogens with one attached hydrogen (secondary N) is 2. The maximum Gasteiger partial charge on any atom is 0.413 e. The molecule has 0 atom stereocenters. The Morgan fingerprint density at radius 1 is 1.41 bits per heavy atom. The van der Waals surface area contributed by atoms with Crippen LogP contribution < -0.4 is 15.8 Å². The molecule has 116 valence electrons. The summed E-state index contributed by atoms with van der Waals surface area (Å²) in [5, 5.41) is 2.82. The lowest BCUT2D eigenvalue weighted by Crippen LogP contribution is -2.36. The number of aromatic amines is 1. The number of anilines is 2. The van der Waals surface area contributed by atoms with E-state index in [0.717, 1.165) is 18.8 Å². The maximum absolute atomic E-state index is 12.2. The molecule has 0 unspecified atom stereocenters. The van der Waals surface area contributed by atoms with E-state index in [1.165, 1.54) is 7.11 Å². The maximum atomic E-state index is 12.2. The Hall–Kier alpha value is -2.61. The van der Waals surface area contributed by atoms with Gasteiger partial charge in [0.25, 0.3) is 5.56 Å². The summed E-state index contributed by atoms with van der Waals surface area (Å²) in [6.45, 7) is 2.93. The van der Waals surface area contributed by atoms with E-state index in [2.05, 4.69) is 24.9 Å². The summed E-state index contributed by atoms with van der Waals surface area (Å²) >= 11 is 0. The zero-order valence-corrected chi connectivity index (χ0v) is 12.1. The molecule has 1 aliphatic heterocycles. The van der Waals surface area contributed by atoms with Crippen LogP contribution in [0.1, 0.15) is 0 Å². The molecule has 0 spiro atoms. The first kappa shape index (κ1) is 14.3. The summed E-state index contributed by atoms with van der Waals surface area (Å²) in [6, 6.07) is 5.47. The number of carbonyl (C=O) groups is 1. The number of carbonyl (C=O) groups excluding carboxylic acids is 1. The number of aromatic nitrogens is 2. The van der Waals surface area contributed by atoms with Crippen LogP contribution in [0.3, 0.4) is 0 Å². The number of H-pyrrole nitrogens is 1. The second kappa shape index (κ2) is 6.02. The average molecular weight is 304 g/mol. The topological polar surface area (TPSA) is 96.5 Å². The number of morpholine rings is 1. The molecule has 0 aliphatic carbocycles. The third-order valence-electron chi connectivity index (χ3n) is 3.47. The zero-order valence-electron chi connectivity index (χ0n) is 12.1. The van der Waals surface area contributed by atoms with E-state index in [-0.39, 0.29) is 11.5 Å². The van der Waals surface area contributed by atoms with E-state index in [4.69, 9.17) is 4.74 Å². The Balaban J connectivity index is 1.95. The van der Waals surface area contributed by atoms with Gasteiger partial charge in [0.05, 0.1) is 31.2 Å². The third-order valence-corrected chi connectivity index (χ3v) is 3.47. The summed E-state index contributed by atoms with van der Waals surface area (Å²) in [5.74, 6) is 0.0588. The highest BCUT2D eigenvalue weighted by Crippen LogP contribution is 2.20. The molecule has 0 bridgehead atoms. The molecule has 0 radical (unpaired) electrons. The molecule has 8 heteroatoms. The van der Waals surface area contributed by atoms with Gasteiger partial charge in [-0.2, -0.15) is 0 Å². The molecule has 1 aromatic heterocycles. The molecule has 2 aromatic rings. The molecule has 1 amide bonds. The van der Waals surface area contributed by atoms with Crippen molar-refractivity contribution in [3.8, 4) is 0 Å². The van der Waals surface area contributed by atoms with Crippen LogP contribution in [0.15, 0.2) is 23.0 Å². The molecule has 8 nitrogen and oxygen atoms in total. The van der Waals surface area contributed by atoms with Crippen molar-refractivity contribution in [2.24, 2.45) is 0 Å². The lowest BCUT2D eigenvalue weighted by Gasteiger charge is -2.28. The number of nitrogens with zero attached hydrogens (tertiary/aromatic N) is 2. The third kappa shape index (κ3) is 2.86. The fourth-order valence-corrected chi connectivity index (χ4v) is 2.35. The van der Waals surface area contributed by atoms with E-state index in [0.29, 0.717) is 24.1 Å². The molecule has 3 rings (SSSR count). The van der Waals surface area contributed by atoms with Crippen LogP contribution >= 0.6 is 0 Å². The number of methoxy groups -OCH3 is 1. The molecule has 2 heterocycles. The highest BCUT2D eigenvalue weighted by molar-refractivity contribution is 5.86. The number of benzene rings is 1. The number of hydrogen-bond acceptors (Lipinski definition) is 6. The van der Waals surface area contributed by atoms with Crippen molar-refractivity contribution in [1.29, 1.82) is 0 Å². The molecule has 1 aliphatic rings. The summed E-state index contributed by atoms with van der Waals surface area (Å²) in [4.78, 5) is 32.2. The summed E-state index contributed by atoms with van der Waals surface area (Å²) < 4.78 is 9.80. The van der Waals surface area contributed by atoms with Crippen LogP contribution in [0.25, 0.3) is 10.9 Å². The minimum Gasteiger partial charge on any atom is -0.453 e. The van der Waals surface area contributed by atoms with Gasteiger partial charge in [0.1, 0.15) is 0 Å². The van der Waals surface area contributed by atoms with Crippen molar-refractivity contribution >= 4 is 28.6 Å².